The Morgan fingerprint density at radius 2 is 1.83 bits per heavy atom. The van der Waals surface area contributed by atoms with Crippen LogP contribution in [0.3, 0.4) is 0 Å². The van der Waals surface area contributed by atoms with E-state index in [1.165, 1.54) is 11.1 Å². The Labute approximate surface area is 136 Å². The molecule has 0 bridgehead atoms. The summed E-state index contributed by atoms with van der Waals surface area (Å²) >= 11 is 0. The Kier molecular flexibility index (Phi) is 3.37. The van der Waals surface area contributed by atoms with E-state index in [0.717, 1.165) is 24.3 Å². The average Bonchev–Trinajstić information content (AvgIpc) is 3.11. The second-order valence-electron chi connectivity index (χ2n) is 6.56. The van der Waals surface area contributed by atoms with Crippen LogP contribution in [0.5, 0.6) is 5.75 Å². The van der Waals surface area contributed by atoms with Gasteiger partial charge in [-0.05, 0) is 42.2 Å². The Bertz CT molecular complexity index is 738. The molecule has 0 radical (unpaired) electrons. The van der Waals surface area contributed by atoms with Crippen LogP contribution in [0.25, 0.3) is 0 Å². The first kappa shape index (κ1) is 14.3. The molecule has 0 saturated carbocycles. The van der Waals surface area contributed by atoms with E-state index in [4.69, 9.17) is 4.74 Å². The lowest BCUT2D eigenvalue weighted by Gasteiger charge is -2.26. The molecular formula is C20H21NO2. The van der Waals surface area contributed by atoms with Crippen LogP contribution < -0.4 is 4.74 Å². The highest BCUT2D eigenvalue weighted by Gasteiger charge is 2.47. The number of nitrogens with zero attached hydrogens (tertiary/aromatic N) is 1. The molecular weight excluding hydrogens is 286 g/mol. The van der Waals surface area contributed by atoms with Gasteiger partial charge in [-0.3, -0.25) is 4.79 Å². The first-order valence-electron chi connectivity index (χ1n) is 8.21. The molecule has 0 unspecified atom stereocenters. The molecule has 2 aromatic rings. The molecule has 3 atom stereocenters. The van der Waals surface area contributed by atoms with Gasteiger partial charge in [0.1, 0.15) is 5.75 Å². The van der Waals surface area contributed by atoms with Gasteiger partial charge in [-0.1, -0.05) is 36.4 Å². The summed E-state index contributed by atoms with van der Waals surface area (Å²) in [6.07, 6.45) is 0.894. The Morgan fingerprint density at radius 1 is 1.09 bits per heavy atom. The van der Waals surface area contributed by atoms with Crippen molar-refractivity contribution < 1.29 is 9.53 Å². The number of ether oxygens (including phenoxy) is 1. The van der Waals surface area contributed by atoms with Crippen LogP contribution in [0.2, 0.25) is 0 Å². The quantitative estimate of drug-likeness (QED) is 0.868. The predicted molar refractivity (Wildman–Crippen MR) is 89.5 cm³/mol. The van der Waals surface area contributed by atoms with Crippen molar-refractivity contribution >= 4 is 5.91 Å². The monoisotopic (exact) mass is 307 g/mol. The largest absolute Gasteiger partial charge is 0.497 e. The molecule has 3 nitrogen and oxygen atoms in total. The lowest BCUT2D eigenvalue weighted by atomic mass is 9.96. The van der Waals surface area contributed by atoms with Crippen molar-refractivity contribution in [1.82, 2.24) is 4.90 Å². The van der Waals surface area contributed by atoms with Crippen molar-refractivity contribution in [3.63, 3.8) is 0 Å². The van der Waals surface area contributed by atoms with Gasteiger partial charge in [-0.15, -0.1) is 0 Å². The zero-order valence-corrected chi connectivity index (χ0v) is 13.5. The number of carbonyl (C=O) groups excluding carboxylic acids is 1. The van der Waals surface area contributed by atoms with Crippen LogP contribution >= 0.6 is 0 Å². The summed E-state index contributed by atoms with van der Waals surface area (Å²) in [5.74, 6) is 1.64. The number of hydrogen-bond donors (Lipinski definition) is 0. The standard InChI is InChI=1S/C20H21NO2/c1-13(14-7-9-16(23-2)10-8-14)21-12-19-17-6-4-3-5-15(17)11-18(19)20(21)22/h3-10,13,18-19H,11-12H2,1-2H3/t13-,18-,19+/m0/s1. The van der Waals surface area contributed by atoms with Gasteiger partial charge < -0.3 is 9.64 Å². The van der Waals surface area contributed by atoms with Crippen molar-refractivity contribution in [1.29, 1.82) is 0 Å². The fourth-order valence-corrected chi connectivity index (χ4v) is 4.09. The molecule has 0 spiro atoms. The molecule has 3 heteroatoms. The van der Waals surface area contributed by atoms with Crippen LogP contribution in [0, 0.1) is 5.92 Å². The van der Waals surface area contributed by atoms with Crippen molar-refractivity contribution in [2.24, 2.45) is 5.92 Å². The minimum Gasteiger partial charge on any atom is -0.497 e. The topological polar surface area (TPSA) is 29.5 Å². The zero-order chi connectivity index (χ0) is 16.0. The van der Waals surface area contributed by atoms with Gasteiger partial charge in [0.05, 0.1) is 19.1 Å². The van der Waals surface area contributed by atoms with Gasteiger partial charge in [0, 0.05) is 12.5 Å². The van der Waals surface area contributed by atoms with Crippen molar-refractivity contribution in [2.45, 2.75) is 25.3 Å². The van der Waals surface area contributed by atoms with E-state index in [1.54, 1.807) is 7.11 Å². The molecule has 118 valence electrons. The number of hydrogen-bond acceptors (Lipinski definition) is 2. The van der Waals surface area contributed by atoms with Gasteiger partial charge in [-0.2, -0.15) is 0 Å². The maximum absolute atomic E-state index is 12.9. The summed E-state index contributed by atoms with van der Waals surface area (Å²) in [5, 5.41) is 0. The van der Waals surface area contributed by atoms with E-state index >= 15 is 0 Å². The zero-order valence-electron chi connectivity index (χ0n) is 13.5. The van der Waals surface area contributed by atoms with Gasteiger partial charge in [-0.25, -0.2) is 0 Å². The molecule has 1 fully saturated rings. The third-order valence-electron chi connectivity index (χ3n) is 5.44. The smallest absolute Gasteiger partial charge is 0.227 e. The molecule has 23 heavy (non-hydrogen) atoms. The van der Waals surface area contributed by atoms with Crippen LogP contribution in [-0.2, 0) is 11.2 Å². The van der Waals surface area contributed by atoms with Crippen LogP contribution in [0.15, 0.2) is 48.5 Å². The molecule has 1 aliphatic carbocycles. The van der Waals surface area contributed by atoms with Gasteiger partial charge >= 0.3 is 0 Å². The first-order chi connectivity index (χ1) is 11.2. The molecule has 1 saturated heterocycles. The number of rotatable bonds is 3. The Morgan fingerprint density at radius 3 is 2.57 bits per heavy atom. The van der Waals surface area contributed by atoms with E-state index < -0.39 is 0 Å². The van der Waals surface area contributed by atoms with E-state index in [-0.39, 0.29) is 12.0 Å². The summed E-state index contributed by atoms with van der Waals surface area (Å²) in [5.41, 5.74) is 3.88. The summed E-state index contributed by atoms with van der Waals surface area (Å²) in [6, 6.07) is 16.6. The molecule has 2 aliphatic rings. The lowest BCUT2D eigenvalue weighted by Crippen LogP contribution is -2.30. The van der Waals surface area contributed by atoms with E-state index in [1.807, 2.05) is 17.0 Å². The summed E-state index contributed by atoms with van der Waals surface area (Å²) in [6.45, 7) is 2.94. The molecule has 0 aromatic heterocycles. The first-order valence-corrected chi connectivity index (χ1v) is 8.21. The maximum atomic E-state index is 12.9. The van der Waals surface area contributed by atoms with Gasteiger partial charge in [0.2, 0.25) is 5.91 Å². The summed E-state index contributed by atoms with van der Waals surface area (Å²) in [4.78, 5) is 14.9. The lowest BCUT2D eigenvalue weighted by molar-refractivity contribution is -0.132. The van der Waals surface area contributed by atoms with E-state index in [2.05, 4.69) is 43.3 Å². The summed E-state index contributed by atoms with van der Waals surface area (Å²) < 4.78 is 5.21. The third-order valence-corrected chi connectivity index (χ3v) is 5.44. The number of methoxy groups -OCH3 is 1. The number of carbonyl (C=O) groups is 1. The fourth-order valence-electron chi connectivity index (χ4n) is 4.09. The second kappa shape index (κ2) is 5.41. The highest BCUT2D eigenvalue weighted by atomic mass is 16.5. The maximum Gasteiger partial charge on any atom is 0.227 e. The van der Waals surface area contributed by atoms with Crippen molar-refractivity contribution in [3.05, 3.63) is 65.2 Å². The summed E-state index contributed by atoms with van der Waals surface area (Å²) in [7, 11) is 1.67. The second-order valence-corrected chi connectivity index (χ2v) is 6.56. The molecule has 4 rings (SSSR count). The van der Waals surface area contributed by atoms with Crippen LogP contribution in [0.1, 0.15) is 35.6 Å². The minimum atomic E-state index is 0.103. The molecule has 1 amide bonds. The minimum absolute atomic E-state index is 0.103. The van der Waals surface area contributed by atoms with E-state index in [0.29, 0.717) is 11.8 Å². The number of benzene rings is 2. The fraction of sp³-hybridized carbons (Fsp3) is 0.350. The van der Waals surface area contributed by atoms with Gasteiger partial charge in [0.25, 0.3) is 0 Å². The number of fused-ring (bicyclic) bond motifs is 3. The Balaban J connectivity index is 1.58. The molecule has 2 aromatic carbocycles. The highest BCUT2D eigenvalue weighted by molar-refractivity contribution is 5.84. The average molecular weight is 307 g/mol. The van der Waals surface area contributed by atoms with Crippen molar-refractivity contribution in [3.8, 4) is 5.75 Å². The van der Waals surface area contributed by atoms with Crippen LogP contribution in [-0.4, -0.2) is 24.5 Å². The van der Waals surface area contributed by atoms with E-state index in [9.17, 15) is 4.79 Å². The van der Waals surface area contributed by atoms with Crippen molar-refractivity contribution in [2.75, 3.05) is 13.7 Å². The number of amides is 1. The molecule has 1 heterocycles. The van der Waals surface area contributed by atoms with Crippen LogP contribution in [0.4, 0.5) is 0 Å². The molecule has 0 N–H and O–H groups in total. The molecule has 1 aliphatic heterocycles. The SMILES string of the molecule is COc1ccc([C@H](C)N2C[C@@H]3c4ccccc4C[C@@H]3C2=O)cc1. The van der Waals surface area contributed by atoms with Gasteiger partial charge in [0.15, 0.2) is 0 Å². The number of likely N-dealkylation sites (tertiary alicyclic amines) is 1. The highest BCUT2D eigenvalue weighted by Crippen LogP contribution is 2.45. The normalized spacial score (nSPS) is 23.6. The Hall–Kier alpha value is -2.29. The third kappa shape index (κ3) is 2.23. The predicted octanol–water partition coefficient (Wildman–Crippen LogP) is 3.55.